The van der Waals surface area contributed by atoms with Gasteiger partial charge in [-0.1, -0.05) is 17.3 Å². The molecule has 0 atom stereocenters. The van der Waals surface area contributed by atoms with Gasteiger partial charge in [-0.05, 0) is 12.1 Å². The molecule has 17 heavy (non-hydrogen) atoms. The van der Waals surface area contributed by atoms with Crippen LogP contribution in [0.5, 0.6) is 0 Å². The molecule has 0 saturated heterocycles. The zero-order chi connectivity index (χ0) is 12.1. The second-order valence-corrected chi connectivity index (χ2v) is 3.31. The highest BCUT2D eigenvalue weighted by atomic mass is 16.5. The number of nitrogens with one attached hydrogen (secondary N) is 1. The SMILES string of the molecule is O=C(NCCO)c1ccc(-c2ncon2)cc1. The van der Waals surface area contributed by atoms with Crippen molar-refractivity contribution in [2.24, 2.45) is 0 Å². The number of aliphatic hydroxyl groups is 1. The van der Waals surface area contributed by atoms with Crippen molar-refractivity contribution in [3.05, 3.63) is 36.2 Å². The largest absolute Gasteiger partial charge is 0.395 e. The molecule has 2 aromatic rings. The van der Waals surface area contributed by atoms with Gasteiger partial charge in [0.15, 0.2) is 0 Å². The van der Waals surface area contributed by atoms with Gasteiger partial charge < -0.3 is 14.9 Å². The Morgan fingerprint density at radius 3 is 2.71 bits per heavy atom. The predicted molar refractivity (Wildman–Crippen MR) is 59.2 cm³/mol. The summed E-state index contributed by atoms with van der Waals surface area (Å²) < 4.78 is 4.63. The summed E-state index contributed by atoms with van der Waals surface area (Å²) >= 11 is 0. The number of carbonyl (C=O) groups excluding carboxylic acids is 1. The van der Waals surface area contributed by atoms with Crippen molar-refractivity contribution in [2.45, 2.75) is 0 Å². The summed E-state index contributed by atoms with van der Waals surface area (Å²) in [5.74, 6) is 0.256. The van der Waals surface area contributed by atoms with Gasteiger partial charge in [0.1, 0.15) is 0 Å². The zero-order valence-electron chi connectivity index (χ0n) is 8.96. The van der Waals surface area contributed by atoms with Crippen LogP contribution in [0.4, 0.5) is 0 Å². The van der Waals surface area contributed by atoms with E-state index in [0.29, 0.717) is 11.4 Å². The van der Waals surface area contributed by atoms with E-state index in [2.05, 4.69) is 20.0 Å². The summed E-state index contributed by atoms with van der Waals surface area (Å²) in [6.45, 7) is 0.165. The summed E-state index contributed by atoms with van der Waals surface area (Å²) in [6.07, 6.45) is 1.25. The smallest absolute Gasteiger partial charge is 0.251 e. The van der Waals surface area contributed by atoms with Crippen LogP contribution in [-0.4, -0.2) is 34.3 Å². The maximum Gasteiger partial charge on any atom is 0.251 e. The van der Waals surface area contributed by atoms with Crippen LogP contribution in [0.2, 0.25) is 0 Å². The Hall–Kier alpha value is -2.21. The minimum Gasteiger partial charge on any atom is -0.395 e. The Morgan fingerprint density at radius 1 is 1.35 bits per heavy atom. The van der Waals surface area contributed by atoms with Crippen LogP contribution in [-0.2, 0) is 0 Å². The lowest BCUT2D eigenvalue weighted by molar-refractivity contribution is 0.0945. The fraction of sp³-hybridized carbons (Fsp3) is 0.182. The Bertz CT molecular complexity index is 479. The highest BCUT2D eigenvalue weighted by Crippen LogP contribution is 2.14. The molecular formula is C11H11N3O3. The highest BCUT2D eigenvalue weighted by molar-refractivity contribution is 5.94. The number of amides is 1. The maximum atomic E-state index is 11.5. The number of aliphatic hydroxyl groups excluding tert-OH is 1. The predicted octanol–water partition coefficient (Wildman–Crippen LogP) is 0.459. The molecule has 0 aliphatic rings. The van der Waals surface area contributed by atoms with Gasteiger partial charge >= 0.3 is 0 Å². The molecule has 1 aromatic heterocycles. The monoisotopic (exact) mass is 233 g/mol. The van der Waals surface area contributed by atoms with Gasteiger partial charge in [0.05, 0.1) is 6.61 Å². The molecule has 0 bridgehead atoms. The van der Waals surface area contributed by atoms with Crippen LogP contribution in [0.3, 0.4) is 0 Å². The summed E-state index contributed by atoms with van der Waals surface area (Å²) in [6, 6.07) is 6.80. The van der Waals surface area contributed by atoms with Gasteiger partial charge in [0.25, 0.3) is 5.91 Å². The lowest BCUT2D eigenvalue weighted by Gasteiger charge is -2.03. The van der Waals surface area contributed by atoms with Crippen molar-refractivity contribution < 1.29 is 14.4 Å². The molecule has 0 aliphatic carbocycles. The Labute approximate surface area is 97.3 Å². The first-order valence-corrected chi connectivity index (χ1v) is 5.07. The van der Waals surface area contributed by atoms with Gasteiger partial charge in [-0.15, -0.1) is 0 Å². The quantitative estimate of drug-likeness (QED) is 0.800. The third kappa shape index (κ3) is 2.67. The number of aromatic nitrogens is 2. The van der Waals surface area contributed by atoms with Crippen LogP contribution in [0, 0.1) is 0 Å². The number of carbonyl (C=O) groups is 1. The van der Waals surface area contributed by atoms with E-state index in [1.807, 2.05) is 0 Å². The molecule has 0 saturated carbocycles. The van der Waals surface area contributed by atoms with E-state index in [1.165, 1.54) is 6.39 Å². The van der Waals surface area contributed by atoms with E-state index in [4.69, 9.17) is 5.11 Å². The van der Waals surface area contributed by atoms with Crippen molar-refractivity contribution in [1.29, 1.82) is 0 Å². The van der Waals surface area contributed by atoms with Crippen molar-refractivity contribution >= 4 is 5.91 Å². The van der Waals surface area contributed by atoms with E-state index in [9.17, 15) is 4.79 Å². The van der Waals surface area contributed by atoms with E-state index in [0.717, 1.165) is 5.56 Å². The maximum absolute atomic E-state index is 11.5. The first-order valence-electron chi connectivity index (χ1n) is 5.07. The normalized spacial score (nSPS) is 10.2. The van der Waals surface area contributed by atoms with Crippen LogP contribution in [0.1, 0.15) is 10.4 Å². The number of hydrogen-bond acceptors (Lipinski definition) is 5. The number of hydrogen-bond donors (Lipinski definition) is 2. The zero-order valence-corrected chi connectivity index (χ0v) is 8.96. The first-order chi connectivity index (χ1) is 8.31. The molecule has 6 nitrogen and oxygen atoms in total. The van der Waals surface area contributed by atoms with Crippen molar-refractivity contribution in [3.63, 3.8) is 0 Å². The summed E-state index contributed by atoms with van der Waals surface area (Å²) in [5.41, 5.74) is 1.29. The van der Waals surface area contributed by atoms with Gasteiger partial charge in [-0.25, -0.2) is 0 Å². The van der Waals surface area contributed by atoms with Crippen LogP contribution >= 0.6 is 0 Å². The second-order valence-electron chi connectivity index (χ2n) is 3.31. The fourth-order valence-corrected chi connectivity index (χ4v) is 1.34. The first kappa shape index (κ1) is 11.3. The minimum atomic E-state index is -0.223. The number of nitrogens with zero attached hydrogens (tertiary/aromatic N) is 2. The lowest BCUT2D eigenvalue weighted by atomic mass is 10.1. The average Bonchev–Trinajstić information content (AvgIpc) is 2.90. The highest BCUT2D eigenvalue weighted by Gasteiger charge is 2.06. The van der Waals surface area contributed by atoms with E-state index in [-0.39, 0.29) is 19.1 Å². The molecule has 0 radical (unpaired) electrons. The van der Waals surface area contributed by atoms with Gasteiger partial charge in [0.2, 0.25) is 12.2 Å². The summed E-state index contributed by atoms with van der Waals surface area (Å²) in [4.78, 5) is 15.4. The second kappa shape index (κ2) is 5.22. The van der Waals surface area contributed by atoms with Crippen LogP contribution in [0.25, 0.3) is 11.4 Å². The minimum absolute atomic E-state index is 0.0767. The van der Waals surface area contributed by atoms with Crippen molar-refractivity contribution in [3.8, 4) is 11.4 Å². The molecule has 0 unspecified atom stereocenters. The van der Waals surface area contributed by atoms with Crippen molar-refractivity contribution in [2.75, 3.05) is 13.2 Å². The third-order valence-corrected chi connectivity index (χ3v) is 2.16. The van der Waals surface area contributed by atoms with E-state index in [1.54, 1.807) is 24.3 Å². The Balaban J connectivity index is 2.10. The van der Waals surface area contributed by atoms with Crippen LogP contribution < -0.4 is 5.32 Å². The van der Waals surface area contributed by atoms with Crippen molar-refractivity contribution in [1.82, 2.24) is 15.5 Å². The summed E-state index contributed by atoms with van der Waals surface area (Å²) in [5, 5.41) is 14.8. The molecule has 0 fully saturated rings. The fourth-order valence-electron chi connectivity index (χ4n) is 1.34. The molecule has 0 spiro atoms. The third-order valence-electron chi connectivity index (χ3n) is 2.16. The summed E-state index contributed by atoms with van der Waals surface area (Å²) in [7, 11) is 0. The van der Waals surface area contributed by atoms with Gasteiger partial charge in [-0.3, -0.25) is 4.79 Å². The molecule has 88 valence electrons. The van der Waals surface area contributed by atoms with E-state index >= 15 is 0 Å². The molecule has 6 heteroatoms. The molecule has 1 aromatic carbocycles. The molecule has 2 N–H and O–H groups in total. The van der Waals surface area contributed by atoms with Gasteiger partial charge in [-0.2, -0.15) is 4.98 Å². The molecule has 0 aliphatic heterocycles. The average molecular weight is 233 g/mol. The number of rotatable bonds is 4. The standard InChI is InChI=1S/C11H11N3O3/c15-6-5-12-11(16)9-3-1-8(2-4-9)10-13-7-17-14-10/h1-4,7,15H,5-6H2,(H,12,16). The van der Waals surface area contributed by atoms with Crippen LogP contribution in [0.15, 0.2) is 35.2 Å². The molecule has 1 heterocycles. The molecule has 1 amide bonds. The molecular weight excluding hydrogens is 222 g/mol. The lowest BCUT2D eigenvalue weighted by Crippen LogP contribution is -2.26. The van der Waals surface area contributed by atoms with E-state index < -0.39 is 0 Å². The molecule has 2 rings (SSSR count). The van der Waals surface area contributed by atoms with Gasteiger partial charge in [0, 0.05) is 17.7 Å². The topological polar surface area (TPSA) is 88.2 Å². The number of benzene rings is 1. The Kier molecular flexibility index (Phi) is 3.46. The Morgan fingerprint density at radius 2 is 2.12 bits per heavy atom.